The Morgan fingerprint density at radius 1 is 1.16 bits per heavy atom. The molecular weight excluding hydrogens is 414 g/mol. The quantitative estimate of drug-likeness (QED) is 0.738. The van der Waals surface area contributed by atoms with Gasteiger partial charge in [-0.1, -0.05) is 17.7 Å². The first kappa shape index (κ1) is 23.0. The predicted molar refractivity (Wildman–Crippen MR) is 118 cm³/mol. The molecule has 0 saturated carbocycles. The number of amides is 1. The summed E-state index contributed by atoms with van der Waals surface area (Å²) < 4.78 is 29.6. The van der Waals surface area contributed by atoms with Gasteiger partial charge in [0.05, 0.1) is 29.6 Å². The van der Waals surface area contributed by atoms with Crippen molar-refractivity contribution in [1.82, 2.24) is 14.1 Å². The van der Waals surface area contributed by atoms with E-state index in [1.165, 1.54) is 4.31 Å². The monoisotopic (exact) mass is 443 g/mol. The van der Waals surface area contributed by atoms with E-state index in [0.29, 0.717) is 49.6 Å². The lowest BCUT2D eigenvalue weighted by Gasteiger charge is -2.31. The minimum absolute atomic E-state index is 0.141. The summed E-state index contributed by atoms with van der Waals surface area (Å²) in [5.74, 6) is 0.155. The van der Waals surface area contributed by atoms with Crippen molar-refractivity contribution in [2.24, 2.45) is 5.92 Å². The number of nitrogens with zero attached hydrogens (tertiary/aromatic N) is 4. The zero-order valence-corrected chi connectivity index (χ0v) is 19.3. The molecule has 9 heteroatoms. The second-order valence-corrected chi connectivity index (χ2v) is 10.1. The predicted octanol–water partition coefficient (Wildman–Crippen LogP) is 3.07. The van der Waals surface area contributed by atoms with Crippen molar-refractivity contribution in [3.05, 3.63) is 40.6 Å². The number of hydrogen-bond donors (Lipinski definition) is 1. The average Bonchev–Trinajstić information content (AvgIpc) is 3.04. The van der Waals surface area contributed by atoms with Crippen molar-refractivity contribution in [1.29, 1.82) is 5.26 Å². The van der Waals surface area contributed by atoms with Gasteiger partial charge in [-0.15, -0.1) is 0 Å². The van der Waals surface area contributed by atoms with E-state index in [4.69, 9.17) is 5.26 Å². The minimum Gasteiger partial charge on any atom is -0.311 e. The van der Waals surface area contributed by atoms with E-state index in [0.717, 1.165) is 22.4 Å². The van der Waals surface area contributed by atoms with Crippen LogP contribution in [0.25, 0.3) is 0 Å². The highest BCUT2D eigenvalue weighted by atomic mass is 32.2. The smallest absolute Gasteiger partial charge is 0.243 e. The van der Waals surface area contributed by atoms with E-state index in [-0.39, 0.29) is 11.8 Å². The number of nitrogens with one attached hydrogen (secondary N) is 1. The molecule has 1 amide bonds. The summed E-state index contributed by atoms with van der Waals surface area (Å²) in [5.41, 5.74) is 3.29. The molecule has 1 aromatic carbocycles. The molecular formula is C22H29N5O3S. The highest BCUT2D eigenvalue weighted by Gasteiger charge is 2.34. The Hall–Kier alpha value is -2.70. The van der Waals surface area contributed by atoms with Gasteiger partial charge in [0, 0.05) is 25.1 Å². The van der Waals surface area contributed by atoms with Crippen LogP contribution in [0.15, 0.2) is 23.1 Å². The maximum atomic E-state index is 13.2. The fraction of sp³-hybridized carbons (Fsp3) is 0.500. The fourth-order valence-corrected chi connectivity index (χ4v) is 6.14. The molecule has 0 atom stereocenters. The highest BCUT2D eigenvalue weighted by molar-refractivity contribution is 7.89. The van der Waals surface area contributed by atoms with E-state index in [1.807, 2.05) is 39.8 Å². The SMILES string of the molecule is Cc1cc(C)c(S(=O)(=O)N2CCC(C(=O)Nc3cc(C)nn3CCC#N)CC2)c(C)c1. The van der Waals surface area contributed by atoms with E-state index in [9.17, 15) is 13.2 Å². The lowest BCUT2D eigenvalue weighted by atomic mass is 9.97. The van der Waals surface area contributed by atoms with Gasteiger partial charge in [0.2, 0.25) is 15.9 Å². The Morgan fingerprint density at radius 2 is 1.77 bits per heavy atom. The fourth-order valence-electron chi connectivity index (χ4n) is 4.26. The van der Waals surface area contributed by atoms with Crippen molar-refractivity contribution in [3.8, 4) is 6.07 Å². The molecule has 1 N–H and O–H groups in total. The van der Waals surface area contributed by atoms with Gasteiger partial charge < -0.3 is 5.32 Å². The van der Waals surface area contributed by atoms with E-state index in [1.54, 1.807) is 10.7 Å². The number of nitriles is 1. The van der Waals surface area contributed by atoms with Crippen LogP contribution in [0.2, 0.25) is 0 Å². The molecule has 1 aliphatic heterocycles. The zero-order valence-electron chi connectivity index (χ0n) is 18.5. The van der Waals surface area contributed by atoms with E-state index in [2.05, 4.69) is 16.5 Å². The second kappa shape index (κ2) is 9.20. The Morgan fingerprint density at radius 3 is 2.35 bits per heavy atom. The van der Waals surface area contributed by atoms with Gasteiger partial charge in [-0.3, -0.25) is 4.79 Å². The highest BCUT2D eigenvalue weighted by Crippen LogP contribution is 2.29. The van der Waals surface area contributed by atoms with E-state index >= 15 is 0 Å². The summed E-state index contributed by atoms with van der Waals surface area (Å²) in [6.07, 6.45) is 1.22. The van der Waals surface area contributed by atoms with Crippen molar-refractivity contribution < 1.29 is 13.2 Å². The second-order valence-electron chi connectivity index (χ2n) is 8.20. The normalized spacial score (nSPS) is 15.6. The van der Waals surface area contributed by atoms with Crippen molar-refractivity contribution >= 4 is 21.7 Å². The molecule has 3 rings (SSSR count). The molecule has 0 spiro atoms. The standard InChI is InChI=1S/C22H29N5O3S/c1-15-12-16(2)21(17(3)13-15)31(29,30)26-10-6-19(7-11-26)22(28)24-20-14-18(4)25-27(20)9-5-8-23/h12-14,19H,5-7,9-11H2,1-4H3,(H,24,28). The molecule has 2 aromatic rings. The van der Waals surface area contributed by atoms with Crippen LogP contribution in [0.3, 0.4) is 0 Å². The van der Waals surface area contributed by atoms with Crippen molar-refractivity contribution in [2.45, 2.75) is 58.4 Å². The number of carbonyl (C=O) groups excluding carboxylic acids is 1. The Balaban J connectivity index is 1.67. The third-order valence-corrected chi connectivity index (χ3v) is 7.82. The van der Waals surface area contributed by atoms with Gasteiger partial charge >= 0.3 is 0 Å². The molecule has 1 aliphatic rings. The molecule has 2 heterocycles. The summed E-state index contributed by atoms with van der Waals surface area (Å²) in [6, 6.07) is 7.63. The number of sulfonamides is 1. The molecule has 0 unspecified atom stereocenters. The summed E-state index contributed by atoms with van der Waals surface area (Å²) in [4.78, 5) is 13.2. The van der Waals surface area contributed by atoms with Gasteiger partial charge in [0.15, 0.2) is 0 Å². The Bertz CT molecular complexity index is 1100. The third kappa shape index (κ3) is 4.97. The zero-order chi connectivity index (χ0) is 22.8. The molecule has 1 aromatic heterocycles. The molecule has 31 heavy (non-hydrogen) atoms. The van der Waals surface area contributed by atoms with Gasteiger partial charge in [-0.2, -0.15) is 14.7 Å². The van der Waals surface area contributed by atoms with Crippen LogP contribution in [0.4, 0.5) is 5.82 Å². The summed E-state index contributed by atoms with van der Waals surface area (Å²) in [7, 11) is -3.60. The first-order valence-electron chi connectivity index (χ1n) is 10.4. The number of rotatable bonds is 6. The number of piperidine rings is 1. The van der Waals surface area contributed by atoms with Crippen LogP contribution in [0.5, 0.6) is 0 Å². The van der Waals surface area contributed by atoms with Crippen LogP contribution in [-0.4, -0.2) is 41.5 Å². The number of hydrogen-bond acceptors (Lipinski definition) is 5. The van der Waals surface area contributed by atoms with Gasteiger partial charge in [0.25, 0.3) is 0 Å². The Labute approximate surface area is 183 Å². The lowest BCUT2D eigenvalue weighted by molar-refractivity contribution is -0.121. The third-order valence-electron chi connectivity index (χ3n) is 5.62. The first-order valence-corrected chi connectivity index (χ1v) is 11.9. The van der Waals surface area contributed by atoms with Crippen LogP contribution in [0.1, 0.15) is 41.6 Å². The molecule has 0 bridgehead atoms. The molecule has 8 nitrogen and oxygen atoms in total. The number of aryl methyl sites for hydroxylation is 5. The largest absolute Gasteiger partial charge is 0.311 e. The molecule has 1 saturated heterocycles. The first-order chi connectivity index (χ1) is 14.6. The maximum Gasteiger partial charge on any atom is 0.243 e. The van der Waals surface area contributed by atoms with Gasteiger partial charge in [-0.25, -0.2) is 13.1 Å². The number of benzene rings is 1. The summed E-state index contributed by atoms with van der Waals surface area (Å²) >= 11 is 0. The number of aromatic nitrogens is 2. The topological polar surface area (TPSA) is 108 Å². The molecule has 0 aliphatic carbocycles. The van der Waals surface area contributed by atoms with Crippen LogP contribution in [0, 0.1) is 44.9 Å². The Kier molecular flexibility index (Phi) is 6.82. The summed E-state index contributed by atoms with van der Waals surface area (Å²) in [5, 5.41) is 16.0. The minimum atomic E-state index is -3.60. The lowest BCUT2D eigenvalue weighted by Crippen LogP contribution is -2.42. The number of carbonyl (C=O) groups is 1. The summed E-state index contributed by atoms with van der Waals surface area (Å²) in [6.45, 7) is 8.45. The van der Waals surface area contributed by atoms with Crippen molar-refractivity contribution in [3.63, 3.8) is 0 Å². The molecule has 166 valence electrons. The number of anilines is 1. The maximum absolute atomic E-state index is 13.2. The van der Waals surface area contributed by atoms with Crippen LogP contribution < -0.4 is 5.32 Å². The average molecular weight is 444 g/mol. The van der Waals surface area contributed by atoms with E-state index < -0.39 is 10.0 Å². The van der Waals surface area contributed by atoms with Crippen LogP contribution in [-0.2, 0) is 21.4 Å². The van der Waals surface area contributed by atoms with Crippen LogP contribution >= 0.6 is 0 Å². The van der Waals surface area contributed by atoms with Gasteiger partial charge in [0.1, 0.15) is 5.82 Å². The van der Waals surface area contributed by atoms with Gasteiger partial charge in [-0.05, 0) is 51.7 Å². The van der Waals surface area contributed by atoms with Crippen molar-refractivity contribution in [2.75, 3.05) is 18.4 Å². The molecule has 0 radical (unpaired) electrons. The molecule has 1 fully saturated rings.